The van der Waals surface area contributed by atoms with Gasteiger partial charge in [0.05, 0.1) is 0 Å². The van der Waals surface area contributed by atoms with E-state index in [4.69, 9.17) is 0 Å². The van der Waals surface area contributed by atoms with E-state index >= 15 is 0 Å². The van der Waals surface area contributed by atoms with Crippen molar-refractivity contribution in [3.63, 3.8) is 0 Å². The minimum atomic E-state index is 0.362. The second-order valence-electron chi connectivity index (χ2n) is 4.29. The maximum absolute atomic E-state index is 3.98. The third-order valence-corrected chi connectivity index (χ3v) is 3.40. The van der Waals surface area contributed by atoms with Crippen LogP contribution in [0.5, 0.6) is 0 Å². The van der Waals surface area contributed by atoms with Gasteiger partial charge in [-0.25, -0.2) is 0 Å². The number of hydrogen-bond donors (Lipinski definition) is 0. The van der Waals surface area contributed by atoms with Crippen LogP contribution in [0.2, 0.25) is 0 Å². The molecule has 0 radical (unpaired) electrons. The van der Waals surface area contributed by atoms with Gasteiger partial charge in [-0.15, -0.1) is 6.58 Å². The van der Waals surface area contributed by atoms with E-state index in [0.717, 1.165) is 6.42 Å². The Hall–Kier alpha value is -1.82. The van der Waals surface area contributed by atoms with Crippen molar-refractivity contribution in [3.05, 3.63) is 83.4 Å². The molecule has 0 bridgehead atoms. The highest BCUT2D eigenvalue weighted by Gasteiger charge is 2.21. The smallest absolute Gasteiger partial charge is 0.0272 e. The molecule has 0 amide bonds. The topological polar surface area (TPSA) is 0 Å². The Bertz CT molecular complexity index is 492. The standard InChI is InChI=1S/C16H14/c1-2-14-15-9-5-3-7-12(15)11-13-8-4-6-10-16(13)14/h2-10,14H,1,11H2. The lowest BCUT2D eigenvalue weighted by atomic mass is 9.78. The fourth-order valence-corrected chi connectivity index (χ4v) is 2.62. The predicted molar refractivity (Wildman–Crippen MR) is 67.7 cm³/mol. The summed E-state index contributed by atoms with van der Waals surface area (Å²) in [5, 5.41) is 0. The molecule has 0 saturated carbocycles. The van der Waals surface area contributed by atoms with E-state index in [2.05, 4.69) is 61.2 Å². The second-order valence-corrected chi connectivity index (χ2v) is 4.29. The Kier molecular flexibility index (Phi) is 2.14. The van der Waals surface area contributed by atoms with Gasteiger partial charge in [-0.1, -0.05) is 54.6 Å². The molecule has 2 aromatic rings. The quantitative estimate of drug-likeness (QED) is 0.620. The molecule has 0 saturated heterocycles. The third-order valence-electron chi connectivity index (χ3n) is 3.40. The van der Waals surface area contributed by atoms with Gasteiger partial charge in [-0.3, -0.25) is 0 Å². The maximum atomic E-state index is 3.98. The van der Waals surface area contributed by atoms with E-state index in [-0.39, 0.29) is 0 Å². The Morgan fingerprint density at radius 3 is 1.88 bits per heavy atom. The van der Waals surface area contributed by atoms with Gasteiger partial charge in [0, 0.05) is 5.92 Å². The predicted octanol–water partition coefficient (Wildman–Crippen LogP) is 3.91. The van der Waals surface area contributed by atoms with Crippen molar-refractivity contribution in [1.29, 1.82) is 0 Å². The van der Waals surface area contributed by atoms with Crippen molar-refractivity contribution in [1.82, 2.24) is 0 Å². The van der Waals surface area contributed by atoms with Crippen LogP contribution >= 0.6 is 0 Å². The molecule has 3 rings (SSSR count). The molecule has 78 valence electrons. The molecule has 0 fully saturated rings. The summed E-state index contributed by atoms with van der Waals surface area (Å²) < 4.78 is 0. The Morgan fingerprint density at radius 1 is 0.875 bits per heavy atom. The molecule has 0 atom stereocenters. The maximum Gasteiger partial charge on any atom is 0.0272 e. The first kappa shape index (κ1) is 9.41. The van der Waals surface area contributed by atoms with E-state index in [9.17, 15) is 0 Å². The van der Waals surface area contributed by atoms with E-state index < -0.39 is 0 Å². The van der Waals surface area contributed by atoms with Crippen LogP contribution < -0.4 is 0 Å². The van der Waals surface area contributed by atoms with Gasteiger partial charge in [0.1, 0.15) is 0 Å². The first-order valence-electron chi connectivity index (χ1n) is 5.68. The highest BCUT2D eigenvalue weighted by molar-refractivity contribution is 5.51. The summed E-state index contributed by atoms with van der Waals surface area (Å²) in [6.07, 6.45) is 3.10. The van der Waals surface area contributed by atoms with Crippen molar-refractivity contribution >= 4 is 0 Å². The zero-order chi connectivity index (χ0) is 11.0. The van der Waals surface area contributed by atoms with Gasteiger partial charge in [0.25, 0.3) is 0 Å². The number of benzene rings is 2. The molecule has 16 heavy (non-hydrogen) atoms. The average Bonchev–Trinajstić information content (AvgIpc) is 2.36. The molecule has 0 N–H and O–H groups in total. The lowest BCUT2D eigenvalue weighted by Crippen LogP contribution is -2.11. The van der Waals surface area contributed by atoms with Crippen LogP contribution in [-0.4, -0.2) is 0 Å². The SMILES string of the molecule is C=CC1c2ccccc2Cc2ccccc21. The molecule has 2 aromatic carbocycles. The number of rotatable bonds is 1. The van der Waals surface area contributed by atoms with Gasteiger partial charge in [0.15, 0.2) is 0 Å². The zero-order valence-corrected chi connectivity index (χ0v) is 9.19. The molecule has 0 aromatic heterocycles. The molecule has 0 heterocycles. The molecule has 0 aliphatic heterocycles. The van der Waals surface area contributed by atoms with E-state index in [0.29, 0.717) is 5.92 Å². The van der Waals surface area contributed by atoms with E-state index in [1.54, 1.807) is 0 Å². The highest BCUT2D eigenvalue weighted by Crippen LogP contribution is 2.36. The van der Waals surface area contributed by atoms with Crippen molar-refractivity contribution in [2.24, 2.45) is 0 Å². The molecule has 0 spiro atoms. The van der Waals surface area contributed by atoms with Gasteiger partial charge in [0.2, 0.25) is 0 Å². The second kappa shape index (κ2) is 3.64. The third kappa shape index (κ3) is 1.30. The van der Waals surface area contributed by atoms with Crippen molar-refractivity contribution in [3.8, 4) is 0 Å². The summed E-state index contributed by atoms with van der Waals surface area (Å²) in [7, 11) is 0. The minimum absolute atomic E-state index is 0.362. The van der Waals surface area contributed by atoms with Crippen LogP contribution in [0.15, 0.2) is 61.2 Å². The molecule has 0 heteroatoms. The summed E-state index contributed by atoms with van der Waals surface area (Å²) in [4.78, 5) is 0. The first-order valence-corrected chi connectivity index (χ1v) is 5.68. The Labute approximate surface area is 96.3 Å². The number of fused-ring (bicyclic) bond motifs is 2. The van der Waals surface area contributed by atoms with Gasteiger partial charge in [-0.2, -0.15) is 0 Å². The summed E-state index contributed by atoms with van der Waals surface area (Å²) in [5.41, 5.74) is 5.70. The van der Waals surface area contributed by atoms with Gasteiger partial charge < -0.3 is 0 Å². The van der Waals surface area contributed by atoms with Crippen LogP contribution in [0.4, 0.5) is 0 Å². The molecule has 0 unspecified atom stereocenters. The Morgan fingerprint density at radius 2 is 1.38 bits per heavy atom. The molecule has 1 aliphatic rings. The lowest BCUT2D eigenvalue weighted by molar-refractivity contribution is 0.915. The fraction of sp³-hybridized carbons (Fsp3) is 0.125. The molecular formula is C16H14. The van der Waals surface area contributed by atoms with Crippen LogP contribution in [0.1, 0.15) is 28.2 Å². The van der Waals surface area contributed by atoms with E-state index in [1.807, 2.05) is 0 Å². The van der Waals surface area contributed by atoms with Crippen molar-refractivity contribution in [2.75, 3.05) is 0 Å². The molecular weight excluding hydrogens is 192 g/mol. The molecule has 0 nitrogen and oxygen atoms in total. The summed E-state index contributed by atoms with van der Waals surface area (Å²) in [5.74, 6) is 0.362. The van der Waals surface area contributed by atoms with Gasteiger partial charge >= 0.3 is 0 Å². The normalized spacial score (nSPS) is 14.0. The van der Waals surface area contributed by atoms with Crippen LogP contribution in [-0.2, 0) is 6.42 Å². The lowest BCUT2D eigenvalue weighted by Gasteiger charge is -2.26. The van der Waals surface area contributed by atoms with Crippen molar-refractivity contribution in [2.45, 2.75) is 12.3 Å². The first-order chi connectivity index (χ1) is 7.90. The number of hydrogen-bond acceptors (Lipinski definition) is 0. The van der Waals surface area contributed by atoms with E-state index in [1.165, 1.54) is 22.3 Å². The minimum Gasteiger partial charge on any atom is -0.102 e. The van der Waals surface area contributed by atoms with Crippen LogP contribution in [0.3, 0.4) is 0 Å². The summed E-state index contributed by atoms with van der Waals surface area (Å²) in [6.45, 7) is 3.98. The van der Waals surface area contributed by atoms with Gasteiger partial charge in [-0.05, 0) is 28.7 Å². The highest BCUT2D eigenvalue weighted by atomic mass is 14.3. The van der Waals surface area contributed by atoms with Crippen molar-refractivity contribution < 1.29 is 0 Å². The van der Waals surface area contributed by atoms with Crippen LogP contribution in [0, 0.1) is 0 Å². The summed E-state index contributed by atoms with van der Waals surface area (Å²) >= 11 is 0. The fourth-order valence-electron chi connectivity index (χ4n) is 2.62. The zero-order valence-electron chi connectivity index (χ0n) is 9.19. The largest absolute Gasteiger partial charge is 0.102 e. The molecule has 1 aliphatic carbocycles. The Balaban J connectivity index is 2.23. The monoisotopic (exact) mass is 206 g/mol. The van der Waals surface area contributed by atoms with Crippen LogP contribution in [0.25, 0.3) is 0 Å². The summed E-state index contributed by atoms with van der Waals surface area (Å²) in [6, 6.07) is 17.4. The number of allylic oxidation sites excluding steroid dienone is 1. The average molecular weight is 206 g/mol.